The van der Waals surface area contributed by atoms with Crippen LogP contribution in [0.4, 0.5) is 5.82 Å². The number of anilines is 1. The molecule has 0 radical (unpaired) electrons. The van der Waals surface area contributed by atoms with Gasteiger partial charge in [0.2, 0.25) is 0 Å². The fraction of sp³-hybridized carbons (Fsp3) is 0.435. The summed E-state index contributed by atoms with van der Waals surface area (Å²) in [5, 5.41) is 11.0. The van der Waals surface area contributed by atoms with Crippen LogP contribution in [0.25, 0.3) is 10.6 Å². The van der Waals surface area contributed by atoms with E-state index in [1.54, 1.807) is 37.4 Å². The van der Waals surface area contributed by atoms with E-state index in [4.69, 9.17) is 15.5 Å². The number of nitrogens with two attached hydrogens (primary N) is 1. The van der Waals surface area contributed by atoms with Crippen molar-refractivity contribution in [1.82, 2.24) is 15.0 Å². The van der Waals surface area contributed by atoms with Crippen LogP contribution >= 0.6 is 11.3 Å². The van der Waals surface area contributed by atoms with E-state index in [-0.39, 0.29) is 6.61 Å². The van der Waals surface area contributed by atoms with Crippen molar-refractivity contribution in [2.24, 2.45) is 0 Å². The lowest BCUT2D eigenvalue weighted by Gasteiger charge is -2.19. The highest BCUT2D eigenvalue weighted by molar-refractivity contribution is 7.15. The minimum Gasteiger partial charge on any atom is -0.490 e. The van der Waals surface area contributed by atoms with Crippen LogP contribution in [0.5, 0.6) is 5.75 Å². The van der Waals surface area contributed by atoms with Crippen LogP contribution in [0.2, 0.25) is 0 Å². The largest absolute Gasteiger partial charge is 0.490 e. The quantitative estimate of drug-likeness (QED) is 0.527. The monoisotopic (exact) mass is 426 g/mol. The van der Waals surface area contributed by atoms with Crippen LogP contribution < -0.4 is 10.5 Å². The molecule has 7 heteroatoms. The Hall–Kier alpha value is -2.51. The molecule has 3 aromatic rings. The maximum absolute atomic E-state index is 9.97. The first-order valence-electron chi connectivity index (χ1n) is 10.3. The maximum Gasteiger partial charge on any atom is 0.131 e. The van der Waals surface area contributed by atoms with Crippen molar-refractivity contribution >= 4 is 17.2 Å². The van der Waals surface area contributed by atoms with Gasteiger partial charge in [0.1, 0.15) is 29.0 Å². The molecule has 0 fully saturated rings. The van der Waals surface area contributed by atoms with Gasteiger partial charge in [0.15, 0.2) is 0 Å². The second kappa shape index (κ2) is 9.53. The number of aryl methyl sites for hydroxylation is 4. The van der Waals surface area contributed by atoms with Gasteiger partial charge in [-0.15, -0.1) is 11.3 Å². The van der Waals surface area contributed by atoms with Gasteiger partial charge in [0.05, 0.1) is 11.3 Å². The van der Waals surface area contributed by atoms with Crippen molar-refractivity contribution in [2.45, 2.75) is 59.0 Å². The molecule has 2 heterocycles. The van der Waals surface area contributed by atoms with Gasteiger partial charge in [-0.2, -0.15) is 0 Å². The third kappa shape index (κ3) is 6.00. The predicted molar refractivity (Wildman–Crippen MR) is 122 cm³/mol. The highest BCUT2D eigenvalue weighted by Gasteiger charge is 2.17. The first-order chi connectivity index (χ1) is 14.2. The Bertz CT molecular complexity index is 995. The number of hydrogen-bond acceptors (Lipinski definition) is 7. The minimum absolute atomic E-state index is 0.238. The van der Waals surface area contributed by atoms with Gasteiger partial charge < -0.3 is 15.6 Å². The molecule has 3 rings (SSSR count). The average molecular weight is 427 g/mol. The number of rotatable bonds is 9. The fourth-order valence-corrected chi connectivity index (χ4v) is 4.24. The van der Waals surface area contributed by atoms with E-state index < -0.39 is 5.60 Å². The molecule has 30 heavy (non-hydrogen) atoms. The standard InChI is InChI=1S/C23H30N4O2S/c1-5-6-19-17(9-10-21-25-12-11-20(24)27-21)26-22(30-19)16-8-7-15(2)18(13-16)29-14-23(3,4)28/h7-8,11-13,28H,5-6,9-10,14H2,1-4H3,(H2,24,25,27). The van der Waals surface area contributed by atoms with Crippen LogP contribution in [-0.2, 0) is 19.3 Å². The summed E-state index contributed by atoms with van der Waals surface area (Å²) < 4.78 is 5.86. The zero-order chi connectivity index (χ0) is 21.7. The van der Waals surface area contributed by atoms with Crippen LogP contribution in [0, 0.1) is 6.92 Å². The summed E-state index contributed by atoms with van der Waals surface area (Å²) in [5.41, 5.74) is 8.05. The summed E-state index contributed by atoms with van der Waals surface area (Å²) in [4.78, 5) is 14.8. The number of nitrogen functional groups attached to an aromatic ring is 1. The zero-order valence-electron chi connectivity index (χ0n) is 18.1. The lowest BCUT2D eigenvalue weighted by atomic mass is 10.1. The summed E-state index contributed by atoms with van der Waals surface area (Å²) in [6.07, 6.45) is 5.25. The number of nitrogens with zero attached hydrogens (tertiary/aromatic N) is 3. The second-order valence-corrected chi connectivity index (χ2v) is 9.20. The van der Waals surface area contributed by atoms with Gasteiger partial charge in [0.25, 0.3) is 0 Å². The number of aliphatic hydroxyl groups is 1. The number of benzene rings is 1. The van der Waals surface area contributed by atoms with Crippen molar-refractivity contribution in [2.75, 3.05) is 12.3 Å². The summed E-state index contributed by atoms with van der Waals surface area (Å²) in [5.74, 6) is 2.01. The molecule has 6 nitrogen and oxygen atoms in total. The Balaban J connectivity index is 1.83. The third-order valence-electron chi connectivity index (χ3n) is 4.58. The van der Waals surface area contributed by atoms with E-state index in [2.05, 4.69) is 23.0 Å². The van der Waals surface area contributed by atoms with Gasteiger partial charge in [-0.25, -0.2) is 15.0 Å². The lowest BCUT2D eigenvalue weighted by molar-refractivity contribution is 0.0283. The molecule has 1 aromatic carbocycles. The molecular formula is C23H30N4O2S. The second-order valence-electron chi connectivity index (χ2n) is 8.12. The highest BCUT2D eigenvalue weighted by atomic mass is 32.1. The number of hydrogen-bond donors (Lipinski definition) is 2. The Morgan fingerprint density at radius 1 is 1.13 bits per heavy atom. The molecule has 0 spiro atoms. The first-order valence-corrected chi connectivity index (χ1v) is 11.1. The SMILES string of the molecule is CCCc1sc(-c2ccc(C)c(OCC(C)(C)O)c2)nc1CCc1nccc(N)n1. The van der Waals surface area contributed by atoms with Crippen LogP contribution in [-0.4, -0.2) is 32.3 Å². The highest BCUT2D eigenvalue weighted by Crippen LogP contribution is 2.33. The number of aromatic nitrogens is 3. The normalized spacial score (nSPS) is 11.6. The summed E-state index contributed by atoms with van der Waals surface area (Å²) in [7, 11) is 0. The van der Waals surface area contributed by atoms with Crippen LogP contribution in [0.1, 0.15) is 49.2 Å². The lowest BCUT2D eigenvalue weighted by Crippen LogP contribution is -2.28. The van der Waals surface area contributed by atoms with E-state index in [0.717, 1.165) is 52.7 Å². The van der Waals surface area contributed by atoms with E-state index in [1.165, 1.54) is 4.88 Å². The molecule has 0 saturated heterocycles. The van der Waals surface area contributed by atoms with Gasteiger partial charge in [-0.3, -0.25) is 0 Å². The van der Waals surface area contributed by atoms with E-state index in [0.29, 0.717) is 12.2 Å². The molecule has 0 aliphatic heterocycles. The van der Waals surface area contributed by atoms with Crippen molar-refractivity contribution in [3.05, 3.63) is 52.4 Å². The van der Waals surface area contributed by atoms with E-state index in [1.807, 2.05) is 19.1 Å². The summed E-state index contributed by atoms with van der Waals surface area (Å²) >= 11 is 1.73. The van der Waals surface area contributed by atoms with Crippen LogP contribution in [0.3, 0.4) is 0 Å². The Kier molecular flexibility index (Phi) is 7.05. The summed E-state index contributed by atoms with van der Waals surface area (Å²) in [6.45, 7) is 7.89. The molecule has 0 amide bonds. The Morgan fingerprint density at radius 3 is 2.63 bits per heavy atom. The van der Waals surface area contributed by atoms with E-state index in [9.17, 15) is 5.11 Å². The van der Waals surface area contributed by atoms with Gasteiger partial charge in [-0.05, 0) is 51.3 Å². The van der Waals surface area contributed by atoms with Crippen molar-refractivity contribution in [1.29, 1.82) is 0 Å². The van der Waals surface area contributed by atoms with E-state index >= 15 is 0 Å². The molecule has 0 bridgehead atoms. The molecular weight excluding hydrogens is 396 g/mol. The number of ether oxygens (including phenoxy) is 1. The van der Waals surface area contributed by atoms with Gasteiger partial charge in [-0.1, -0.05) is 25.5 Å². The Labute approximate surface area is 182 Å². The topological polar surface area (TPSA) is 94.2 Å². The van der Waals surface area contributed by atoms with Crippen molar-refractivity contribution < 1.29 is 9.84 Å². The fourth-order valence-electron chi connectivity index (χ4n) is 3.03. The van der Waals surface area contributed by atoms with Gasteiger partial charge in [0, 0.05) is 23.1 Å². The zero-order valence-corrected chi connectivity index (χ0v) is 18.9. The predicted octanol–water partition coefficient (Wildman–Crippen LogP) is 4.38. The first kappa shape index (κ1) is 22.2. The molecule has 0 saturated carbocycles. The molecule has 2 aromatic heterocycles. The van der Waals surface area contributed by atoms with Crippen molar-refractivity contribution in [3.63, 3.8) is 0 Å². The maximum atomic E-state index is 9.97. The molecule has 0 aliphatic rings. The van der Waals surface area contributed by atoms with Gasteiger partial charge >= 0.3 is 0 Å². The Morgan fingerprint density at radius 2 is 1.93 bits per heavy atom. The van der Waals surface area contributed by atoms with Crippen LogP contribution in [0.15, 0.2) is 30.5 Å². The number of thiazole rings is 1. The molecule has 0 atom stereocenters. The average Bonchev–Trinajstić information content (AvgIpc) is 3.08. The molecule has 0 unspecified atom stereocenters. The molecule has 3 N–H and O–H groups in total. The third-order valence-corrected chi connectivity index (χ3v) is 5.79. The molecule has 0 aliphatic carbocycles. The smallest absolute Gasteiger partial charge is 0.131 e. The molecule has 160 valence electrons. The van der Waals surface area contributed by atoms with Crippen molar-refractivity contribution in [3.8, 4) is 16.3 Å². The minimum atomic E-state index is -0.881. The summed E-state index contributed by atoms with van der Waals surface area (Å²) in [6, 6.07) is 7.82.